The normalized spacial score (nSPS) is 23.2. The summed E-state index contributed by atoms with van der Waals surface area (Å²) in [6.07, 6.45) is 0.129. The summed E-state index contributed by atoms with van der Waals surface area (Å²) in [6.45, 7) is 6.95. The van der Waals surface area contributed by atoms with E-state index in [9.17, 15) is 8.42 Å². The lowest BCUT2D eigenvalue weighted by Crippen LogP contribution is -2.50. The molecule has 1 aromatic rings. The van der Waals surface area contributed by atoms with Crippen molar-refractivity contribution >= 4 is 40.0 Å². The van der Waals surface area contributed by atoms with Gasteiger partial charge in [0.1, 0.15) is 0 Å². The first-order chi connectivity index (χ1) is 13.0. The van der Waals surface area contributed by atoms with Gasteiger partial charge in [-0.2, -0.15) is 0 Å². The van der Waals surface area contributed by atoms with Gasteiger partial charge in [-0.15, -0.1) is 24.0 Å². The van der Waals surface area contributed by atoms with E-state index in [0.29, 0.717) is 12.6 Å². The number of halogens is 1. The molecule has 2 heterocycles. The summed E-state index contributed by atoms with van der Waals surface area (Å²) in [7, 11) is -3.51. The molecule has 28 heavy (non-hydrogen) atoms. The predicted molar refractivity (Wildman–Crippen MR) is 121 cm³/mol. The number of benzene rings is 1. The Hall–Kier alpha value is -0.950. The first kappa shape index (κ1) is 23.3. The van der Waals surface area contributed by atoms with Crippen molar-refractivity contribution < 1.29 is 13.2 Å². The number of primary sulfonamides is 1. The molecule has 0 amide bonds. The number of nitrogens with one attached hydrogen (secondary N) is 1. The fraction of sp³-hybridized carbons (Fsp3) is 0.611. The molecule has 2 saturated heterocycles. The standard InChI is InChI=1S/C18H29N5O3S.HI/c1-2-20-18(21-8-11-27(19,24)25)23-13-16-17(14-23)26-10-9-22(16)12-15-6-4-3-5-7-15;/h3-7,16-17H,2,8-14H2,1H3,(H,20,21)(H2,19,24,25);1H. The Morgan fingerprint density at radius 3 is 2.75 bits per heavy atom. The maximum Gasteiger partial charge on any atom is 0.210 e. The van der Waals surface area contributed by atoms with Crippen LogP contribution in [0.2, 0.25) is 0 Å². The van der Waals surface area contributed by atoms with Gasteiger partial charge < -0.3 is 15.0 Å². The van der Waals surface area contributed by atoms with Gasteiger partial charge in [-0.05, 0) is 12.5 Å². The van der Waals surface area contributed by atoms with Crippen LogP contribution in [0.5, 0.6) is 0 Å². The van der Waals surface area contributed by atoms with Crippen LogP contribution < -0.4 is 10.5 Å². The number of rotatable bonds is 6. The van der Waals surface area contributed by atoms with E-state index in [2.05, 4.69) is 44.4 Å². The highest BCUT2D eigenvalue weighted by Crippen LogP contribution is 2.24. The maximum atomic E-state index is 11.2. The minimum atomic E-state index is -3.51. The van der Waals surface area contributed by atoms with Gasteiger partial charge in [0.05, 0.1) is 31.1 Å². The molecule has 8 nitrogen and oxygen atoms in total. The van der Waals surface area contributed by atoms with Crippen LogP contribution in [0, 0.1) is 0 Å². The van der Waals surface area contributed by atoms with Crippen molar-refractivity contribution in [3.8, 4) is 0 Å². The molecular weight excluding hydrogens is 493 g/mol. The molecule has 3 rings (SSSR count). The van der Waals surface area contributed by atoms with E-state index in [1.165, 1.54) is 5.56 Å². The van der Waals surface area contributed by atoms with Crippen LogP contribution >= 0.6 is 24.0 Å². The Morgan fingerprint density at radius 1 is 1.32 bits per heavy atom. The van der Waals surface area contributed by atoms with Crippen molar-refractivity contribution in [3.05, 3.63) is 35.9 Å². The number of aliphatic imine (C=N–C) groups is 1. The molecule has 0 radical (unpaired) electrons. The Labute approximate surface area is 184 Å². The van der Waals surface area contributed by atoms with Gasteiger partial charge in [-0.25, -0.2) is 13.6 Å². The van der Waals surface area contributed by atoms with E-state index in [0.717, 1.165) is 38.7 Å². The lowest BCUT2D eigenvalue weighted by Gasteiger charge is -2.36. The fourth-order valence-corrected chi connectivity index (χ4v) is 4.00. The fourth-order valence-electron chi connectivity index (χ4n) is 3.65. The van der Waals surface area contributed by atoms with E-state index < -0.39 is 10.0 Å². The van der Waals surface area contributed by atoms with Gasteiger partial charge in [0.25, 0.3) is 0 Å². The zero-order valence-electron chi connectivity index (χ0n) is 16.2. The number of guanidine groups is 1. The predicted octanol–water partition coefficient (Wildman–Crippen LogP) is 0.444. The smallest absolute Gasteiger partial charge is 0.210 e. The Kier molecular flexibility index (Phi) is 8.93. The molecule has 0 bridgehead atoms. The van der Waals surface area contributed by atoms with E-state index in [1.807, 2.05) is 13.0 Å². The quantitative estimate of drug-likeness (QED) is 0.319. The number of hydrogen-bond donors (Lipinski definition) is 2. The lowest BCUT2D eigenvalue weighted by atomic mass is 10.1. The first-order valence-electron chi connectivity index (χ1n) is 9.39. The molecule has 1 aromatic carbocycles. The van der Waals surface area contributed by atoms with Gasteiger partial charge in [0.15, 0.2) is 5.96 Å². The highest BCUT2D eigenvalue weighted by Gasteiger charge is 2.41. The molecular formula is C18H30IN5O3S. The van der Waals surface area contributed by atoms with Crippen molar-refractivity contribution in [1.29, 1.82) is 0 Å². The van der Waals surface area contributed by atoms with E-state index in [4.69, 9.17) is 9.88 Å². The number of hydrogen-bond acceptors (Lipinski definition) is 5. The molecule has 2 fully saturated rings. The number of fused-ring (bicyclic) bond motifs is 1. The SMILES string of the molecule is CCNC(=NCCS(N)(=O)=O)N1CC2OCCN(Cc3ccccc3)C2C1.I. The Bertz CT molecular complexity index is 747. The molecule has 2 unspecified atom stereocenters. The highest BCUT2D eigenvalue weighted by atomic mass is 127. The summed E-state index contributed by atoms with van der Waals surface area (Å²) in [5.74, 6) is 0.568. The molecule has 0 saturated carbocycles. The van der Waals surface area contributed by atoms with Crippen LogP contribution in [-0.4, -0.2) is 81.4 Å². The molecule has 158 valence electrons. The van der Waals surface area contributed by atoms with Crippen LogP contribution in [0.4, 0.5) is 0 Å². The largest absolute Gasteiger partial charge is 0.373 e. The van der Waals surface area contributed by atoms with Crippen molar-refractivity contribution in [2.45, 2.75) is 25.6 Å². The number of nitrogens with zero attached hydrogens (tertiary/aromatic N) is 3. The number of nitrogens with two attached hydrogens (primary N) is 1. The van der Waals surface area contributed by atoms with Gasteiger partial charge in [0, 0.05) is 32.7 Å². The summed E-state index contributed by atoms with van der Waals surface area (Å²) in [4.78, 5) is 9.07. The Morgan fingerprint density at radius 2 is 2.07 bits per heavy atom. The minimum absolute atomic E-state index is 0. The van der Waals surface area contributed by atoms with Crippen LogP contribution in [-0.2, 0) is 21.3 Å². The zero-order valence-corrected chi connectivity index (χ0v) is 19.3. The minimum Gasteiger partial charge on any atom is -0.373 e. The van der Waals surface area contributed by atoms with Gasteiger partial charge >= 0.3 is 0 Å². The summed E-state index contributed by atoms with van der Waals surface area (Å²) < 4.78 is 28.3. The first-order valence-corrected chi connectivity index (χ1v) is 11.1. The third kappa shape index (κ3) is 6.55. The molecule has 2 aliphatic heterocycles. The second-order valence-corrected chi connectivity index (χ2v) is 8.67. The van der Waals surface area contributed by atoms with E-state index in [1.54, 1.807) is 0 Å². The van der Waals surface area contributed by atoms with Crippen molar-refractivity contribution in [3.63, 3.8) is 0 Å². The third-order valence-corrected chi connectivity index (χ3v) is 5.67. The molecule has 2 atom stereocenters. The number of morpholine rings is 1. The second-order valence-electron chi connectivity index (χ2n) is 6.94. The van der Waals surface area contributed by atoms with Gasteiger partial charge in [0.2, 0.25) is 10.0 Å². The third-order valence-electron chi connectivity index (χ3n) is 4.92. The number of likely N-dealkylation sites (tertiary alicyclic amines) is 1. The molecule has 0 spiro atoms. The van der Waals surface area contributed by atoms with Gasteiger partial charge in [-0.3, -0.25) is 9.89 Å². The van der Waals surface area contributed by atoms with Crippen molar-refractivity contribution in [1.82, 2.24) is 15.1 Å². The summed E-state index contributed by atoms with van der Waals surface area (Å²) in [5, 5.41) is 8.33. The van der Waals surface area contributed by atoms with Gasteiger partial charge in [-0.1, -0.05) is 30.3 Å². The molecule has 3 N–H and O–H groups in total. The van der Waals surface area contributed by atoms with Crippen molar-refractivity contribution in [2.75, 3.05) is 45.1 Å². The van der Waals surface area contributed by atoms with Crippen LogP contribution in [0.1, 0.15) is 12.5 Å². The van der Waals surface area contributed by atoms with Crippen LogP contribution in [0.15, 0.2) is 35.3 Å². The lowest BCUT2D eigenvalue weighted by molar-refractivity contribution is -0.0502. The summed E-state index contributed by atoms with van der Waals surface area (Å²) >= 11 is 0. The van der Waals surface area contributed by atoms with E-state index in [-0.39, 0.29) is 42.4 Å². The van der Waals surface area contributed by atoms with E-state index >= 15 is 0 Å². The zero-order chi connectivity index (χ0) is 19.3. The molecule has 2 aliphatic rings. The summed E-state index contributed by atoms with van der Waals surface area (Å²) in [6, 6.07) is 10.8. The Balaban J connectivity index is 0.00000280. The maximum absolute atomic E-state index is 11.2. The monoisotopic (exact) mass is 523 g/mol. The average molecular weight is 523 g/mol. The molecule has 10 heteroatoms. The topological polar surface area (TPSA) is 100 Å². The second kappa shape index (κ2) is 10.7. The van der Waals surface area contributed by atoms with Crippen LogP contribution in [0.3, 0.4) is 0 Å². The molecule has 0 aromatic heterocycles. The molecule has 0 aliphatic carbocycles. The summed E-state index contributed by atoms with van der Waals surface area (Å²) in [5.41, 5.74) is 1.30. The number of sulfonamides is 1. The van der Waals surface area contributed by atoms with Crippen molar-refractivity contribution in [2.24, 2.45) is 10.1 Å². The average Bonchev–Trinajstić information content (AvgIpc) is 3.06. The van der Waals surface area contributed by atoms with Crippen LogP contribution in [0.25, 0.3) is 0 Å². The highest BCUT2D eigenvalue weighted by molar-refractivity contribution is 14.0. The number of ether oxygens (including phenoxy) is 1.